The minimum absolute atomic E-state index is 0.0460. The number of hydrogen-bond acceptors (Lipinski definition) is 3. The normalized spacial score (nSPS) is 11.5. The lowest BCUT2D eigenvalue weighted by Gasteiger charge is -2.32. The van der Waals surface area contributed by atoms with Crippen molar-refractivity contribution in [1.82, 2.24) is 9.99 Å². The first-order valence-corrected chi connectivity index (χ1v) is 11.3. The first-order chi connectivity index (χ1) is 15.2. The highest BCUT2D eigenvalue weighted by Crippen LogP contribution is 2.23. The number of anilines is 1. The molecule has 1 heterocycles. The molecule has 3 rings (SSSR count). The number of fused-ring (bicyclic) bond motifs is 1. The van der Waals surface area contributed by atoms with Crippen molar-refractivity contribution in [2.75, 3.05) is 18.6 Å². The molecular weight excluding hydrogens is 382 g/mol. The van der Waals surface area contributed by atoms with E-state index in [9.17, 15) is 4.79 Å². The van der Waals surface area contributed by atoms with E-state index in [1.807, 2.05) is 72.7 Å². The van der Waals surface area contributed by atoms with Crippen LogP contribution in [0.4, 0.5) is 5.69 Å². The van der Waals surface area contributed by atoms with Crippen molar-refractivity contribution in [3.63, 3.8) is 0 Å². The van der Waals surface area contributed by atoms with E-state index in [-0.39, 0.29) is 5.91 Å². The Morgan fingerprint density at radius 2 is 1.65 bits per heavy atom. The van der Waals surface area contributed by atoms with E-state index in [1.165, 1.54) is 19.3 Å². The van der Waals surface area contributed by atoms with Crippen LogP contribution in [-0.2, 0) is 0 Å². The van der Waals surface area contributed by atoms with Gasteiger partial charge in [-0.3, -0.25) is 9.78 Å². The van der Waals surface area contributed by atoms with Crippen molar-refractivity contribution < 1.29 is 4.79 Å². The first kappa shape index (κ1) is 22.7. The molecule has 0 fully saturated rings. The van der Waals surface area contributed by atoms with Crippen molar-refractivity contribution in [2.24, 2.45) is 0 Å². The second-order valence-electron chi connectivity index (χ2n) is 7.86. The summed E-state index contributed by atoms with van der Waals surface area (Å²) in [6.07, 6.45) is 13.3. The van der Waals surface area contributed by atoms with Gasteiger partial charge in [-0.2, -0.15) is 0 Å². The fraction of sp³-hybridized carbons (Fsp3) is 0.333. The zero-order valence-electron chi connectivity index (χ0n) is 18.7. The molecule has 0 N–H and O–H groups in total. The quantitative estimate of drug-likeness (QED) is 0.200. The van der Waals surface area contributed by atoms with E-state index >= 15 is 0 Å². The van der Waals surface area contributed by atoms with Crippen LogP contribution in [-0.4, -0.2) is 29.5 Å². The maximum absolute atomic E-state index is 13.4. The van der Waals surface area contributed by atoms with Gasteiger partial charge in [0.25, 0.3) is 5.91 Å². The summed E-state index contributed by atoms with van der Waals surface area (Å²) in [7, 11) is 1.97. The van der Waals surface area contributed by atoms with E-state index in [0.29, 0.717) is 5.56 Å². The Morgan fingerprint density at radius 1 is 0.935 bits per heavy atom. The Kier molecular flexibility index (Phi) is 8.80. The molecule has 4 heteroatoms. The molecule has 1 amide bonds. The molecule has 0 bridgehead atoms. The summed E-state index contributed by atoms with van der Waals surface area (Å²) in [5.74, 6) is -0.0460. The average Bonchev–Trinajstić information content (AvgIpc) is 2.81. The van der Waals surface area contributed by atoms with Gasteiger partial charge in [-0.05, 0) is 49.9 Å². The van der Waals surface area contributed by atoms with Gasteiger partial charge in [0.1, 0.15) is 0 Å². The lowest BCUT2D eigenvalue weighted by atomic mass is 10.1. The van der Waals surface area contributed by atoms with Crippen LogP contribution >= 0.6 is 0 Å². The molecule has 3 aromatic rings. The predicted octanol–water partition coefficient (Wildman–Crippen LogP) is 6.65. The van der Waals surface area contributed by atoms with Crippen LogP contribution in [0.3, 0.4) is 0 Å². The van der Waals surface area contributed by atoms with Crippen molar-refractivity contribution in [2.45, 2.75) is 45.4 Å². The molecule has 0 aliphatic rings. The zero-order valence-corrected chi connectivity index (χ0v) is 18.7. The van der Waals surface area contributed by atoms with Crippen LogP contribution in [0.1, 0.15) is 55.8 Å². The summed E-state index contributed by atoms with van der Waals surface area (Å²) in [5, 5.41) is 4.78. The molecule has 0 saturated carbocycles. The largest absolute Gasteiger partial charge is 0.272 e. The number of hydrazine groups is 1. The number of pyridine rings is 1. The van der Waals surface area contributed by atoms with Gasteiger partial charge in [-0.1, -0.05) is 68.3 Å². The molecule has 0 aliphatic carbocycles. The van der Waals surface area contributed by atoms with E-state index in [0.717, 1.165) is 42.4 Å². The van der Waals surface area contributed by atoms with E-state index in [2.05, 4.69) is 24.1 Å². The number of nitrogens with zero attached hydrogens (tertiary/aromatic N) is 3. The Balaban J connectivity index is 1.73. The molecule has 31 heavy (non-hydrogen) atoms. The van der Waals surface area contributed by atoms with Gasteiger partial charge < -0.3 is 0 Å². The number of allylic oxidation sites excluding steroid dienone is 2. The third kappa shape index (κ3) is 6.50. The van der Waals surface area contributed by atoms with Crippen molar-refractivity contribution in [1.29, 1.82) is 0 Å². The van der Waals surface area contributed by atoms with Gasteiger partial charge in [0.15, 0.2) is 0 Å². The third-order valence-corrected chi connectivity index (χ3v) is 5.37. The molecule has 0 aliphatic heterocycles. The molecule has 2 aromatic carbocycles. The number of aromatic nitrogens is 1. The summed E-state index contributed by atoms with van der Waals surface area (Å²) in [4.78, 5) is 18.0. The number of rotatable bonds is 11. The molecule has 4 nitrogen and oxygen atoms in total. The van der Waals surface area contributed by atoms with Gasteiger partial charge in [0.2, 0.25) is 0 Å². The summed E-state index contributed by atoms with van der Waals surface area (Å²) in [5.41, 5.74) is 2.37. The molecule has 0 atom stereocenters. The number of amides is 1. The molecule has 0 radical (unpaired) electrons. The predicted molar refractivity (Wildman–Crippen MR) is 130 cm³/mol. The SMILES string of the molecule is CCCCCC=CCCCN(C)N(C(=O)c1ccccc1)c1cnc2ccccc2c1. The molecular formula is C27H33N3O. The first-order valence-electron chi connectivity index (χ1n) is 11.3. The van der Waals surface area contributed by atoms with Crippen LogP contribution in [0.2, 0.25) is 0 Å². The lowest BCUT2D eigenvalue weighted by molar-refractivity contribution is 0.0914. The minimum Gasteiger partial charge on any atom is -0.267 e. The molecule has 162 valence electrons. The fourth-order valence-corrected chi connectivity index (χ4v) is 3.63. The maximum atomic E-state index is 13.4. The van der Waals surface area contributed by atoms with Crippen LogP contribution in [0, 0.1) is 0 Å². The van der Waals surface area contributed by atoms with E-state index in [4.69, 9.17) is 0 Å². The van der Waals surface area contributed by atoms with Gasteiger partial charge in [0, 0.05) is 24.5 Å². The number of hydrogen-bond donors (Lipinski definition) is 0. The highest BCUT2D eigenvalue weighted by Gasteiger charge is 2.22. The highest BCUT2D eigenvalue weighted by atomic mass is 16.2. The Hall–Kier alpha value is -2.98. The standard InChI is InChI=1S/C27H33N3O/c1-3-4-5-6-7-8-9-15-20-29(2)30(27(31)23-16-11-10-12-17-23)25-21-24-18-13-14-19-26(24)28-22-25/h7-8,10-14,16-19,21-22H,3-6,9,15,20H2,1-2H3. The van der Waals surface area contributed by atoms with Crippen LogP contribution in [0.25, 0.3) is 10.9 Å². The summed E-state index contributed by atoms with van der Waals surface area (Å²) in [6, 6.07) is 19.5. The summed E-state index contributed by atoms with van der Waals surface area (Å²) >= 11 is 0. The van der Waals surface area contributed by atoms with E-state index < -0.39 is 0 Å². The van der Waals surface area contributed by atoms with Crippen molar-refractivity contribution in [3.05, 3.63) is 84.6 Å². The Bertz CT molecular complexity index is 984. The fourth-order valence-electron chi connectivity index (χ4n) is 3.63. The topological polar surface area (TPSA) is 36.4 Å². The molecule has 0 saturated heterocycles. The number of carbonyl (C=O) groups excluding carboxylic acids is 1. The monoisotopic (exact) mass is 415 g/mol. The summed E-state index contributed by atoms with van der Waals surface area (Å²) < 4.78 is 0. The smallest absolute Gasteiger partial charge is 0.267 e. The Labute approximate surface area is 186 Å². The second-order valence-corrected chi connectivity index (χ2v) is 7.86. The van der Waals surface area contributed by atoms with Crippen molar-refractivity contribution >= 4 is 22.5 Å². The molecule has 0 unspecified atom stereocenters. The third-order valence-electron chi connectivity index (χ3n) is 5.37. The maximum Gasteiger partial charge on any atom is 0.272 e. The summed E-state index contributed by atoms with van der Waals surface area (Å²) in [6.45, 7) is 3.01. The van der Waals surface area contributed by atoms with Crippen LogP contribution in [0.5, 0.6) is 0 Å². The second kappa shape index (κ2) is 12.0. The van der Waals surface area contributed by atoms with Gasteiger partial charge in [-0.25, -0.2) is 10.0 Å². The number of para-hydroxylation sites is 1. The molecule has 0 spiro atoms. The van der Waals surface area contributed by atoms with Crippen molar-refractivity contribution in [3.8, 4) is 0 Å². The lowest BCUT2D eigenvalue weighted by Crippen LogP contribution is -2.45. The van der Waals surface area contributed by atoms with E-state index in [1.54, 1.807) is 11.2 Å². The zero-order chi connectivity index (χ0) is 21.9. The van der Waals surface area contributed by atoms with Gasteiger partial charge in [0.05, 0.1) is 17.4 Å². The van der Waals surface area contributed by atoms with Gasteiger partial charge in [-0.15, -0.1) is 0 Å². The van der Waals surface area contributed by atoms with Crippen LogP contribution < -0.4 is 5.01 Å². The van der Waals surface area contributed by atoms with Gasteiger partial charge >= 0.3 is 0 Å². The highest BCUT2D eigenvalue weighted by molar-refractivity contribution is 6.06. The number of benzene rings is 2. The van der Waals surface area contributed by atoms with Crippen LogP contribution in [0.15, 0.2) is 79.0 Å². The average molecular weight is 416 g/mol. The minimum atomic E-state index is -0.0460. The number of unbranched alkanes of at least 4 members (excludes halogenated alkanes) is 4. The number of carbonyl (C=O) groups is 1. The molecule has 1 aromatic heterocycles. The Morgan fingerprint density at radius 3 is 2.42 bits per heavy atom.